The molecule has 28 heavy (non-hydrogen) atoms. The van der Waals surface area contributed by atoms with Gasteiger partial charge in [-0.1, -0.05) is 54.6 Å². The highest BCUT2D eigenvalue weighted by atomic mass is 35.5. The fourth-order valence-corrected chi connectivity index (χ4v) is 5.15. The maximum absolute atomic E-state index is 12.5. The molecule has 0 radical (unpaired) electrons. The third-order valence-electron chi connectivity index (χ3n) is 6.07. The zero-order valence-corrected chi connectivity index (χ0v) is 18.0. The van der Waals surface area contributed by atoms with Gasteiger partial charge < -0.3 is 5.32 Å². The fraction of sp³-hybridized carbons (Fsp3) is 0.455. The Labute approximate surface area is 174 Å². The summed E-state index contributed by atoms with van der Waals surface area (Å²) in [5.41, 5.74) is 3.75. The summed E-state index contributed by atoms with van der Waals surface area (Å²) < 4.78 is 28.0. The van der Waals surface area contributed by atoms with Gasteiger partial charge in [0.15, 0.2) is 0 Å². The summed E-state index contributed by atoms with van der Waals surface area (Å²) in [6.45, 7) is 4.38. The Morgan fingerprint density at radius 2 is 1.75 bits per heavy atom. The second kappa shape index (κ2) is 8.15. The maximum atomic E-state index is 12.5. The molecule has 1 spiro atoms. The van der Waals surface area contributed by atoms with Crippen molar-refractivity contribution in [3.63, 3.8) is 0 Å². The van der Waals surface area contributed by atoms with Crippen LogP contribution in [0.4, 0.5) is 0 Å². The molecule has 2 aliphatic rings. The van der Waals surface area contributed by atoms with Crippen LogP contribution in [0.25, 0.3) is 11.1 Å². The Morgan fingerprint density at radius 3 is 2.39 bits per heavy atom. The van der Waals surface area contributed by atoms with Crippen LogP contribution < -0.4 is 10.0 Å². The molecule has 0 bridgehead atoms. The Bertz CT molecular complexity index is 911. The van der Waals surface area contributed by atoms with Crippen LogP contribution in [0, 0.1) is 5.41 Å². The molecular weight excluding hydrogens is 392 g/mol. The van der Waals surface area contributed by atoms with Gasteiger partial charge in [-0.25, -0.2) is 13.1 Å². The molecule has 1 saturated heterocycles. The molecule has 2 aromatic carbocycles. The minimum atomic E-state index is -3.28. The Balaban J connectivity index is 0.00000225. The van der Waals surface area contributed by atoms with E-state index in [0.717, 1.165) is 25.8 Å². The van der Waals surface area contributed by atoms with Crippen molar-refractivity contribution in [2.24, 2.45) is 5.41 Å². The van der Waals surface area contributed by atoms with Crippen LogP contribution in [-0.2, 0) is 16.4 Å². The van der Waals surface area contributed by atoms with Gasteiger partial charge in [-0.15, -0.1) is 12.4 Å². The molecule has 2 aromatic rings. The quantitative estimate of drug-likeness (QED) is 0.747. The van der Waals surface area contributed by atoms with Crippen molar-refractivity contribution in [1.29, 1.82) is 0 Å². The van der Waals surface area contributed by atoms with E-state index in [1.165, 1.54) is 16.7 Å². The Hall–Kier alpha value is -1.40. The third kappa shape index (κ3) is 4.28. The summed E-state index contributed by atoms with van der Waals surface area (Å²) in [5, 5.41) is 3.20. The number of sulfonamides is 1. The number of benzene rings is 2. The summed E-state index contributed by atoms with van der Waals surface area (Å²) in [4.78, 5) is 0. The Morgan fingerprint density at radius 1 is 1.07 bits per heavy atom. The van der Waals surface area contributed by atoms with E-state index in [2.05, 4.69) is 46.4 Å². The van der Waals surface area contributed by atoms with E-state index < -0.39 is 15.3 Å². The molecule has 1 heterocycles. The van der Waals surface area contributed by atoms with E-state index in [9.17, 15) is 8.42 Å². The topological polar surface area (TPSA) is 58.2 Å². The van der Waals surface area contributed by atoms with E-state index in [0.29, 0.717) is 0 Å². The highest BCUT2D eigenvalue weighted by molar-refractivity contribution is 7.90. The SMILES string of the molecule is CC(C)S(=O)(=O)NC1C(Cc2cccc(-c3ccccc3)c2)NCC12CC2.Cl. The first-order valence-corrected chi connectivity index (χ1v) is 11.3. The molecule has 0 amide bonds. The standard InChI is InChI=1S/C22H28N2O2S.ClH/c1-16(2)27(25,26)24-21-20(23-15-22(21)11-12-22)14-17-7-6-10-19(13-17)18-8-4-3-5-9-18;/h3-10,13,16,20-21,23-24H,11-12,14-15H2,1-2H3;1H. The lowest BCUT2D eigenvalue weighted by atomic mass is 9.92. The molecule has 0 aromatic heterocycles. The zero-order valence-electron chi connectivity index (χ0n) is 16.4. The van der Waals surface area contributed by atoms with Crippen LogP contribution in [-0.4, -0.2) is 32.3 Å². The second-order valence-electron chi connectivity index (χ2n) is 8.31. The lowest BCUT2D eigenvalue weighted by molar-refractivity contribution is 0.407. The van der Waals surface area contributed by atoms with Crippen LogP contribution in [0.5, 0.6) is 0 Å². The lowest BCUT2D eigenvalue weighted by Gasteiger charge is -2.26. The van der Waals surface area contributed by atoms with E-state index in [4.69, 9.17) is 0 Å². The Kier molecular flexibility index (Phi) is 6.20. The number of halogens is 1. The first-order chi connectivity index (χ1) is 12.9. The molecule has 2 fully saturated rings. The summed E-state index contributed by atoms with van der Waals surface area (Å²) in [5.74, 6) is 0. The fourth-order valence-electron chi connectivity index (χ4n) is 4.11. The lowest BCUT2D eigenvalue weighted by Crippen LogP contribution is -2.49. The van der Waals surface area contributed by atoms with Crippen LogP contribution in [0.15, 0.2) is 54.6 Å². The van der Waals surface area contributed by atoms with E-state index in [-0.39, 0.29) is 29.9 Å². The smallest absolute Gasteiger partial charge is 0.214 e. The number of hydrogen-bond donors (Lipinski definition) is 2. The summed E-state index contributed by atoms with van der Waals surface area (Å²) in [6.07, 6.45) is 3.03. The third-order valence-corrected chi connectivity index (χ3v) is 7.90. The van der Waals surface area contributed by atoms with Gasteiger partial charge in [0.1, 0.15) is 0 Å². The summed E-state index contributed by atoms with van der Waals surface area (Å²) in [6, 6.07) is 19.0. The van der Waals surface area contributed by atoms with Gasteiger partial charge in [0, 0.05) is 24.0 Å². The van der Waals surface area contributed by atoms with E-state index >= 15 is 0 Å². The molecule has 2 unspecified atom stereocenters. The zero-order chi connectivity index (χ0) is 19.1. The normalized spacial score (nSPS) is 23.0. The highest BCUT2D eigenvalue weighted by Crippen LogP contribution is 2.52. The van der Waals surface area contributed by atoms with Crippen LogP contribution >= 0.6 is 12.4 Å². The molecule has 152 valence electrons. The van der Waals surface area contributed by atoms with Gasteiger partial charge in [0.25, 0.3) is 0 Å². The van der Waals surface area contributed by atoms with E-state index in [1.807, 2.05) is 18.2 Å². The van der Waals surface area contributed by atoms with Gasteiger partial charge in [0.05, 0.1) is 5.25 Å². The van der Waals surface area contributed by atoms with Crippen molar-refractivity contribution < 1.29 is 8.42 Å². The minimum absolute atomic E-state index is 0. The number of hydrogen-bond acceptors (Lipinski definition) is 3. The first-order valence-electron chi connectivity index (χ1n) is 9.79. The average molecular weight is 421 g/mol. The molecule has 1 aliphatic heterocycles. The van der Waals surface area contributed by atoms with E-state index in [1.54, 1.807) is 13.8 Å². The molecule has 1 aliphatic carbocycles. The van der Waals surface area contributed by atoms with Gasteiger partial charge >= 0.3 is 0 Å². The second-order valence-corrected chi connectivity index (χ2v) is 10.6. The first kappa shape index (κ1) is 21.3. The van der Waals surface area contributed by atoms with Crippen molar-refractivity contribution in [2.45, 2.75) is 50.4 Å². The van der Waals surface area contributed by atoms with Gasteiger partial charge in [-0.05, 0) is 49.8 Å². The summed E-state index contributed by atoms with van der Waals surface area (Å²) in [7, 11) is -3.28. The van der Waals surface area contributed by atoms with Crippen LogP contribution in [0.1, 0.15) is 32.3 Å². The van der Waals surface area contributed by atoms with Crippen LogP contribution in [0.2, 0.25) is 0 Å². The van der Waals surface area contributed by atoms with Gasteiger partial charge in [-0.2, -0.15) is 0 Å². The number of rotatable bonds is 6. The largest absolute Gasteiger partial charge is 0.311 e. The molecule has 4 rings (SSSR count). The molecule has 6 heteroatoms. The summed E-state index contributed by atoms with van der Waals surface area (Å²) >= 11 is 0. The molecule has 1 saturated carbocycles. The van der Waals surface area contributed by atoms with Crippen LogP contribution in [0.3, 0.4) is 0 Å². The maximum Gasteiger partial charge on any atom is 0.214 e. The van der Waals surface area contributed by atoms with Gasteiger partial charge in [0.2, 0.25) is 10.0 Å². The average Bonchev–Trinajstić information content (AvgIpc) is 3.38. The highest BCUT2D eigenvalue weighted by Gasteiger charge is 2.57. The molecule has 2 N–H and O–H groups in total. The minimum Gasteiger partial charge on any atom is -0.311 e. The molecule has 2 atom stereocenters. The predicted molar refractivity (Wildman–Crippen MR) is 117 cm³/mol. The molecular formula is C22H29ClN2O2S. The van der Waals surface area contributed by atoms with Crippen molar-refractivity contribution >= 4 is 22.4 Å². The van der Waals surface area contributed by atoms with Crippen molar-refractivity contribution in [1.82, 2.24) is 10.0 Å². The van der Waals surface area contributed by atoms with Gasteiger partial charge in [-0.3, -0.25) is 0 Å². The predicted octanol–water partition coefficient (Wildman–Crippen LogP) is 3.77. The monoisotopic (exact) mass is 420 g/mol. The number of nitrogens with one attached hydrogen (secondary N) is 2. The van der Waals surface area contributed by atoms with Crippen molar-refractivity contribution in [2.75, 3.05) is 6.54 Å². The van der Waals surface area contributed by atoms with Crippen molar-refractivity contribution in [3.8, 4) is 11.1 Å². The molecule has 4 nitrogen and oxygen atoms in total. The van der Waals surface area contributed by atoms with Crippen molar-refractivity contribution in [3.05, 3.63) is 60.2 Å².